The molecule has 6 heteroatoms. The van der Waals surface area contributed by atoms with Gasteiger partial charge in [0.15, 0.2) is 0 Å². The number of rotatable bonds is 5. The van der Waals surface area contributed by atoms with Crippen molar-refractivity contribution in [2.75, 3.05) is 0 Å². The van der Waals surface area contributed by atoms with Crippen LogP contribution in [0.1, 0.15) is 33.1 Å². The first-order valence-electron chi connectivity index (χ1n) is 6.10. The number of carbonyl (C=O) groups is 3. The van der Waals surface area contributed by atoms with E-state index in [4.69, 9.17) is 10.2 Å². The van der Waals surface area contributed by atoms with Gasteiger partial charge in [-0.3, -0.25) is 9.59 Å². The molecule has 0 bridgehead atoms. The molecular weight excluding hydrogens is 238 g/mol. The number of carbonyl (C=O) groups excluding carboxylic acids is 1. The van der Waals surface area contributed by atoms with E-state index in [1.807, 2.05) is 0 Å². The zero-order valence-corrected chi connectivity index (χ0v) is 10.5. The molecule has 1 fully saturated rings. The minimum atomic E-state index is -1.09. The quantitative estimate of drug-likeness (QED) is 0.673. The molecule has 1 saturated carbocycles. The second kappa shape index (κ2) is 5.84. The summed E-state index contributed by atoms with van der Waals surface area (Å²) in [4.78, 5) is 33.9. The molecule has 1 amide bonds. The average molecular weight is 257 g/mol. The molecule has 0 aromatic rings. The molecule has 3 atom stereocenters. The lowest BCUT2D eigenvalue weighted by Gasteiger charge is -2.22. The van der Waals surface area contributed by atoms with Gasteiger partial charge in [-0.1, -0.05) is 20.3 Å². The Bertz CT molecular complexity index is 352. The molecule has 0 spiro atoms. The van der Waals surface area contributed by atoms with Crippen LogP contribution in [0.2, 0.25) is 0 Å². The van der Waals surface area contributed by atoms with E-state index in [0.717, 1.165) is 0 Å². The summed E-state index contributed by atoms with van der Waals surface area (Å²) >= 11 is 0. The summed E-state index contributed by atoms with van der Waals surface area (Å²) in [5, 5.41) is 20.4. The van der Waals surface area contributed by atoms with E-state index in [1.54, 1.807) is 13.8 Å². The monoisotopic (exact) mass is 257 g/mol. The molecule has 102 valence electrons. The number of carboxylic acid groups (broad SMARTS) is 2. The first kappa shape index (κ1) is 14.5. The number of aliphatic carboxylic acids is 2. The highest BCUT2D eigenvalue weighted by Gasteiger charge is 2.39. The topological polar surface area (TPSA) is 104 Å². The smallest absolute Gasteiger partial charge is 0.326 e. The summed E-state index contributed by atoms with van der Waals surface area (Å²) < 4.78 is 0. The Morgan fingerprint density at radius 1 is 1.11 bits per heavy atom. The van der Waals surface area contributed by atoms with Gasteiger partial charge in [-0.15, -0.1) is 0 Å². The first-order valence-corrected chi connectivity index (χ1v) is 6.10. The Morgan fingerprint density at radius 2 is 1.67 bits per heavy atom. The van der Waals surface area contributed by atoms with Crippen molar-refractivity contribution in [2.24, 2.45) is 17.8 Å². The maximum absolute atomic E-state index is 11.9. The van der Waals surface area contributed by atoms with Crippen LogP contribution < -0.4 is 5.32 Å². The molecule has 6 nitrogen and oxygen atoms in total. The predicted octanol–water partition coefficient (Wildman–Crippen LogP) is 0.713. The van der Waals surface area contributed by atoms with E-state index in [-0.39, 0.29) is 5.92 Å². The average Bonchev–Trinajstić information content (AvgIpc) is 2.73. The summed E-state index contributed by atoms with van der Waals surface area (Å²) in [7, 11) is 0. The summed E-state index contributed by atoms with van der Waals surface area (Å²) in [6.45, 7) is 3.39. The number of hydrogen-bond acceptors (Lipinski definition) is 3. The molecule has 0 aromatic carbocycles. The molecule has 1 rings (SSSR count). The standard InChI is InChI=1S/C12H19NO5/c1-6(2)9(12(17)18)13-10(14)7-4-3-5-8(7)11(15)16/h6-9H,3-5H2,1-2H3,(H,13,14)(H,15,16)(H,17,18). The van der Waals surface area contributed by atoms with E-state index in [9.17, 15) is 14.4 Å². The van der Waals surface area contributed by atoms with Crippen molar-refractivity contribution in [1.82, 2.24) is 5.32 Å². The van der Waals surface area contributed by atoms with E-state index in [1.165, 1.54) is 0 Å². The lowest BCUT2D eigenvalue weighted by molar-refractivity contribution is -0.147. The molecule has 18 heavy (non-hydrogen) atoms. The van der Waals surface area contributed by atoms with E-state index in [0.29, 0.717) is 19.3 Å². The van der Waals surface area contributed by atoms with Gasteiger partial charge >= 0.3 is 11.9 Å². The van der Waals surface area contributed by atoms with Gasteiger partial charge in [0.2, 0.25) is 5.91 Å². The Labute approximate surface area is 105 Å². The van der Waals surface area contributed by atoms with Gasteiger partial charge in [-0.2, -0.15) is 0 Å². The molecule has 0 saturated heterocycles. The number of hydrogen-bond donors (Lipinski definition) is 3. The van der Waals surface area contributed by atoms with E-state index < -0.39 is 35.7 Å². The third-order valence-electron chi connectivity index (χ3n) is 3.40. The highest BCUT2D eigenvalue weighted by molar-refractivity contribution is 5.88. The lowest BCUT2D eigenvalue weighted by atomic mass is 9.94. The summed E-state index contributed by atoms with van der Waals surface area (Å²) in [6, 6.07) is -0.965. The zero-order chi connectivity index (χ0) is 13.9. The largest absolute Gasteiger partial charge is 0.481 e. The molecule has 0 heterocycles. The molecule has 0 aliphatic heterocycles. The maximum Gasteiger partial charge on any atom is 0.326 e. The van der Waals surface area contributed by atoms with Gasteiger partial charge in [0, 0.05) is 0 Å². The van der Waals surface area contributed by atoms with Crippen molar-refractivity contribution >= 4 is 17.8 Å². The Hall–Kier alpha value is -1.59. The van der Waals surface area contributed by atoms with E-state index in [2.05, 4.69) is 5.32 Å². The maximum atomic E-state index is 11.9. The van der Waals surface area contributed by atoms with Crippen molar-refractivity contribution in [1.29, 1.82) is 0 Å². The van der Waals surface area contributed by atoms with Crippen LogP contribution in [-0.2, 0) is 14.4 Å². The van der Waals surface area contributed by atoms with Crippen LogP contribution in [0.25, 0.3) is 0 Å². The zero-order valence-electron chi connectivity index (χ0n) is 10.5. The molecule has 3 N–H and O–H groups in total. The van der Waals surface area contributed by atoms with E-state index >= 15 is 0 Å². The Kier molecular flexibility index (Phi) is 4.69. The fraction of sp³-hybridized carbons (Fsp3) is 0.750. The number of nitrogens with one attached hydrogen (secondary N) is 1. The summed E-state index contributed by atoms with van der Waals surface area (Å²) in [5.41, 5.74) is 0. The summed E-state index contributed by atoms with van der Waals surface area (Å²) in [6.07, 6.45) is 1.68. The third-order valence-corrected chi connectivity index (χ3v) is 3.40. The number of amides is 1. The predicted molar refractivity (Wildman–Crippen MR) is 62.9 cm³/mol. The Morgan fingerprint density at radius 3 is 2.11 bits per heavy atom. The van der Waals surface area contributed by atoms with Crippen molar-refractivity contribution in [3.05, 3.63) is 0 Å². The van der Waals surface area contributed by atoms with Crippen molar-refractivity contribution in [3.8, 4) is 0 Å². The van der Waals surface area contributed by atoms with Crippen LogP contribution in [-0.4, -0.2) is 34.1 Å². The fourth-order valence-corrected chi connectivity index (χ4v) is 2.34. The van der Waals surface area contributed by atoms with Crippen LogP contribution in [0.15, 0.2) is 0 Å². The lowest BCUT2D eigenvalue weighted by Crippen LogP contribution is -2.47. The molecule has 3 unspecified atom stereocenters. The van der Waals surface area contributed by atoms with Gasteiger partial charge in [-0.05, 0) is 18.8 Å². The summed E-state index contributed by atoms with van der Waals surface area (Å²) in [5.74, 6) is -4.07. The molecular formula is C12H19NO5. The van der Waals surface area contributed by atoms with Crippen LogP contribution in [0.4, 0.5) is 0 Å². The minimum Gasteiger partial charge on any atom is -0.481 e. The van der Waals surface area contributed by atoms with Gasteiger partial charge in [0.25, 0.3) is 0 Å². The van der Waals surface area contributed by atoms with Crippen LogP contribution >= 0.6 is 0 Å². The first-order chi connectivity index (χ1) is 8.34. The molecule has 1 aliphatic carbocycles. The minimum absolute atomic E-state index is 0.240. The fourth-order valence-electron chi connectivity index (χ4n) is 2.34. The van der Waals surface area contributed by atoms with Gasteiger partial charge in [0.05, 0.1) is 11.8 Å². The molecule has 0 aromatic heterocycles. The van der Waals surface area contributed by atoms with Crippen molar-refractivity contribution in [2.45, 2.75) is 39.2 Å². The van der Waals surface area contributed by atoms with Gasteiger partial charge in [0.1, 0.15) is 6.04 Å². The highest BCUT2D eigenvalue weighted by atomic mass is 16.4. The van der Waals surface area contributed by atoms with Crippen LogP contribution in [0, 0.1) is 17.8 Å². The third kappa shape index (κ3) is 3.21. The van der Waals surface area contributed by atoms with Gasteiger partial charge < -0.3 is 15.5 Å². The normalized spacial score (nSPS) is 24.8. The number of carboxylic acids is 2. The SMILES string of the molecule is CC(C)C(NC(=O)C1CCCC1C(=O)O)C(=O)O. The second-order valence-electron chi connectivity index (χ2n) is 5.05. The molecule has 1 aliphatic rings. The second-order valence-corrected chi connectivity index (χ2v) is 5.05. The van der Waals surface area contributed by atoms with Crippen LogP contribution in [0.3, 0.4) is 0 Å². The van der Waals surface area contributed by atoms with Crippen molar-refractivity contribution < 1.29 is 24.6 Å². The van der Waals surface area contributed by atoms with Crippen LogP contribution in [0.5, 0.6) is 0 Å². The van der Waals surface area contributed by atoms with Gasteiger partial charge in [-0.25, -0.2) is 4.79 Å². The van der Waals surface area contributed by atoms with Crippen molar-refractivity contribution in [3.63, 3.8) is 0 Å². The highest BCUT2D eigenvalue weighted by Crippen LogP contribution is 2.32. The Balaban J connectivity index is 2.69. The molecule has 0 radical (unpaired) electrons.